The van der Waals surface area contributed by atoms with Crippen LogP contribution in [0, 0.1) is 6.92 Å². The number of benzene rings is 2. The maximum atomic E-state index is 4.07. The minimum atomic E-state index is 1.14. The van der Waals surface area contributed by atoms with E-state index in [2.05, 4.69) is 65.1 Å². The third-order valence-corrected chi connectivity index (χ3v) is 4.52. The zero-order valence-corrected chi connectivity index (χ0v) is 15.2. The topological polar surface area (TPSA) is 17.8 Å². The molecule has 0 amide bonds. The van der Waals surface area contributed by atoms with Crippen molar-refractivity contribution in [3.05, 3.63) is 72.7 Å². The molecule has 4 rings (SSSR count). The van der Waals surface area contributed by atoms with Gasteiger partial charge in [0.2, 0.25) is 0 Å². The summed E-state index contributed by atoms with van der Waals surface area (Å²) in [6, 6.07) is 17.2. The molecular formula is C19H17N2Na. The van der Waals surface area contributed by atoms with E-state index in [-0.39, 0.29) is 0 Å². The molecule has 3 heteroatoms. The number of hydrogen-bond acceptors (Lipinski definition) is 1. The number of nitrogens with zero attached hydrogens (tertiary/aromatic N) is 2. The summed E-state index contributed by atoms with van der Waals surface area (Å²) in [7, 11) is 2.04. The van der Waals surface area contributed by atoms with Gasteiger partial charge in [-0.1, -0.05) is 0 Å². The molecule has 104 valence electrons. The number of fused-ring (bicyclic) bond motifs is 2. The molecule has 2 nitrogen and oxygen atoms in total. The third kappa shape index (κ3) is 3.25. The van der Waals surface area contributed by atoms with Gasteiger partial charge in [0.1, 0.15) is 0 Å². The number of aryl methyl sites for hydroxylation is 2. The first-order valence-electron chi connectivity index (χ1n) is 7.46. The van der Waals surface area contributed by atoms with Crippen molar-refractivity contribution >= 4 is 52.4 Å². The minimum absolute atomic E-state index is 1.14. The molecule has 0 unspecified atom stereocenters. The van der Waals surface area contributed by atoms with Crippen LogP contribution in [-0.4, -0.2) is 37.5 Å². The molecule has 0 bridgehead atoms. The number of aromatic nitrogens is 2. The molecule has 0 aliphatic heterocycles. The van der Waals surface area contributed by atoms with Crippen LogP contribution in [0.5, 0.6) is 0 Å². The molecule has 0 atom stereocenters. The molecule has 0 aliphatic carbocycles. The standard InChI is InChI=1S/C10H7.C9H10N2.Na/c1-2-6-10-8-4-3-7-9(10)5-1;1-7-6-11(2)9-5-10-4-3-8(7)9;/h1-3,5-8H;3-6H,1-2H3;. The predicted octanol–water partition coefficient (Wildman–Crippen LogP) is 3.52. The van der Waals surface area contributed by atoms with Gasteiger partial charge in [-0.2, -0.15) is 0 Å². The second-order valence-electron chi connectivity index (χ2n) is 5.67. The van der Waals surface area contributed by atoms with E-state index in [4.69, 9.17) is 0 Å². The van der Waals surface area contributed by atoms with E-state index in [1.54, 1.807) is 0 Å². The first-order chi connectivity index (χ1) is 10.6. The van der Waals surface area contributed by atoms with Gasteiger partial charge in [-0.25, -0.2) is 0 Å². The maximum absolute atomic E-state index is 4.07. The second kappa shape index (κ2) is 6.66. The Labute approximate surface area is 148 Å². The van der Waals surface area contributed by atoms with Crippen LogP contribution in [0.4, 0.5) is 0 Å². The van der Waals surface area contributed by atoms with Crippen molar-refractivity contribution in [1.82, 2.24) is 9.55 Å². The zero-order valence-electron chi connectivity index (χ0n) is 13.2. The fourth-order valence-corrected chi connectivity index (χ4v) is 3.22. The zero-order chi connectivity index (χ0) is 15.5. The number of rotatable bonds is 0. The number of pyridine rings is 1. The molecule has 4 aromatic rings. The molecule has 2 aromatic carbocycles. The molecule has 22 heavy (non-hydrogen) atoms. The summed E-state index contributed by atoms with van der Waals surface area (Å²) < 4.78 is 3.56. The van der Waals surface area contributed by atoms with Crippen LogP contribution in [0.25, 0.3) is 21.7 Å². The van der Waals surface area contributed by atoms with E-state index in [9.17, 15) is 0 Å². The Kier molecular flexibility index (Phi) is 4.63. The molecule has 2 heterocycles. The molecule has 0 fully saturated rings. The Bertz CT molecular complexity index is 889. The average Bonchev–Trinajstić information content (AvgIpc) is 2.83. The normalized spacial score (nSPS) is 10.5. The van der Waals surface area contributed by atoms with Gasteiger partial charge < -0.3 is 4.57 Å². The van der Waals surface area contributed by atoms with E-state index in [1.807, 2.05) is 25.5 Å². The number of hydrogen-bond donors (Lipinski definition) is 0. The van der Waals surface area contributed by atoms with Crippen molar-refractivity contribution in [2.75, 3.05) is 0 Å². The van der Waals surface area contributed by atoms with Gasteiger partial charge in [0.25, 0.3) is 0 Å². The van der Waals surface area contributed by atoms with E-state index >= 15 is 0 Å². The first kappa shape index (κ1) is 15.3. The van der Waals surface area contributed by atoms with Crippen LogP contribution in [0.2, 0.25) is 0 Å². The Hall–Kier alpha value is -1.61. The van der Waals surface area contributed by atoms with Gasteiger partial charge in [-0.15, -0.1) is 0 Å². The second-order valence-corrected chi connectivity index (χ2v) is 6.82. The Morgan fingerprint density at radius 1 is 1.00 bits per heavy atom. The molecule has 0 spiro atoms. The summed E-state index contributed by atoms with van der Waals surface area (Å²) in [4.78, 5) is 4.07. The summed E-state index contributed by atoms with van der Waals surface area (Å²) in [5, 5.41) is 4.00. The quantitative estimate of drug-likeness (QED) is 0.454. The van der Waals surface area contributed by atoms with E-state index in [0.717, 1.165) is 27.9 Å². The van der Waals surface area contributed by atoms with Crippen LogP contribution >= 0.6 is 0 Å². The van der Waals surface area contributed by atoms with Crippen molar-refractivity contribution in [2.24, 2.45) is 7.05 Å². The van der Waals surface area contributed by atoms with Gasteiger partial charge in [0, 0.05) is 24.8 Å². The van der Waals surface area contributed by atoms with Gasteiger partial charge in [0.15, 0.2) is 0 Å². The van der Waals surface area contributed by atoms with Gasteiger partial charge in [0.05, 0.1) is 11.7 Å². The van der Waals surface area contributed by atoms with E-state index in [0.29, 0.717) is 0 Å². The van der Waals surface area contributed by atoms with Crippen molar-refractivity contribution in [2.45, 2.75) is 6.92 Å². The van der Waals surface area contributed by atoms with Crippen molar-refractivity contribution in [3.8, 4) is 0 Å². The van der Waals surface area contributed by atoms with Crippen LogP contribution in [0.15, 0.2) is 67.1 Å². The monoisotopic (exact) mass is 296 g/mol. The van der Waals surface area contributed by atoms with Crippen molar-refractivity contribution < 1.29 is 0 Å². The van der Waals surface area contributed by atoms with Crippen LogP contribution in [0.1, 0.15) is 5.56 Å². The summed E-state index contributed by atoms with van der Waals surface area (Å²) in [5.74, 6) is 0. The fourth-order valence-electron chi connectivity index (χ4n) is 2.74. The molecule has 0 aliphatic rings. The Balaban J connectivity index is 0.000000131. The Morgan fingerprint density at radius 2 is 1.77 bits per heavy atom. The van der Waals surface area contributed by atoms with Gasteiger partial charge in [-0.3, -0.25) is 4.98 Å². The van der Waals surface area contributed by atoms with Crippen LogP contribution in [0.3, 0.4) is 0 Å². The Morgan fingerprint density at radius 3 is 2.55 bits per heavy atom. The molecule has 0 saturated carbocycles. The van der Waals surface area contributed by atoms with E-state index < -0.39 is 0 Å². The molecule has 2 aromatic heterocycles. The molecule has 0 radical (unpaired) electrons. The summed E-state index contributed by atoms with van der Waals surface area (Å²) in [6.45, 7) is 2.11. The van der Waals surface area contributed by atoms with Gasteiger partial charge >= 0.3 is 84.0 Å². The summed E-state index contributed by atoms with van der Waals surface area (Å²) >= 11 is 1.14. The van der Waals surface area contributed by atoms with Crippen molar-refractivity contribution in [3.63, 3.8) is 0 Å². The first-order valence-corrected chi connectivity index (χ1v) is 8.46. The van der Waals surface area contributed by atoms with Gasteiger partial charge in [-0.05, 0) is 18.6 Å². The molecule has 0 saturated heterocycles. The summed E-state index contributed by atoms with van der Waals surface area (Å²) in [6.07, 6.45) is 5.84. The fraction of sp³-hybridized carbons (Fsp3) is 0.105. The third-order valence-electron chi connectivity index (χ3n) is 3.90. The SMILES string of the molecule is Cc1cn(C)c2cnccc12.[Na][c]1ccc2ccccc2c1. The van der Waals surface area contributed by atoms with Crippen LogP contribution in [-0.2, 0) is 7.05 Å². The summed E-state index contributed by atoms with van der Waals surface area (Å²) in [5.41, 5.74) is 2.51. The molecule has 0 N–H and O–H groups in total. The molecular weight excluding hydrogens is 279 g/mol. The van der Waals surface area contributed by atoms with Crippen molar-refractivity contribution in [1.29, 1.82) is 0 Å². The van der Waals surface area contributed by atoms with E-state index in [1.165, 1.54) is 30.1 Å². The van der Waals surface area contributed by atoms with Crippen LogP contribution < -0.4 is 2.81 Å². The average molecular weight is 296 g/mol. The predicted molar refractivity (Wildman–Crippen MR) is 94.8 cm³/mol.